The largest absolute Gasteiger partial charge is 0.352 e. The van der Waals surface area contributed by atoms with Crippen molar-refractivity contribution < 1.29 is 9.59 Å². The zero-order valence-electron chi connectivity index (χ0n) is 19.4. The van der Waals surface area contributed by atoms with Gasteiger partial charge in [-0.2, -0.15) is 0 Å². The Hall–Kier alpha value is -1.40. The van der Waals surface area contributed by atoms with Crippen LogP contribution in [-0.4, -0.2) is 34.6 Å². The van der Waals surface area contributed by atoms with Gasteiger partial charge in [0, 0.05) is 33.4 Å². The first-order chi connectivity index (χ1) is 16.4. The van der Waals surface area contributed by atoms with Gasteiger partial charge in [-0.1, -0.05) is 85.3 Å². The summed E-state index contributed by atoms with van der Waals surface area (Å²) in [6.07, 6.45) is 6.01. The second-order valence-electron chi connectivity index (χ2n) is 8.61. The van der Waals surface area contributed by atoms with Crippen molar-refractivity contribution in [2.24, 2.45) is 0 Å². The van der Waals surface area contributed by atoms with Gasteiger partial charge in [-0.05, 0) is 48.6 Å². The van der Waals surface area contributed by atoms with E-state index < -0.39 is 6.04 Å². The highest BCUT2D eigenvalue weighted by Gasteiger charge is 2.30. The average molecular weight is 542 g/mol. The summed E-state index contributed by atoms with van der Waals surface area (Å²) in [6.45, 7) is 2.23. The second-order valence-corrected chi connectivity index (χ2v) is 10.8. The van der Waals surface area contributed by atoms with Crippen LogP contribution in [0.3, 0.4) is 0 Å². The van der Waals surface area contributed by atoms with Gasteiger partial charge in [0.15, 0.2) is 0 Å². The van der Waals surface area contributed by atoms with Crippen molar-refractivity contribution in [3.63, 3.8) is 0 Å². The molecule has 1 aliphatic carbocycles. The lowest BCUT2D eigenvalue weighted by Gasteiger charge is -2.33. The van der Waals surface area contributed by atoms with Crippen LogP contribution in [0.2, 0.25) is 15.1 Å². The number of nitrogens with zero attached hydrogens (tertiary/aromatic N) is 1. The Morgan fingerprint density at radius 1 is 1.03 bits per heavy atom. The summed E-state index contributed by atoms with van der Waals surface area (Å²) in [5.74, 6) is 0.629. The highest BCUT2D eigenvalue weighted by Crippen LogP contribution is 2.26. The third kappa shape index (κ3) is 7.81. The van der Waals surface area contributed by atoms with Crippen LogP contribution in [0, 0.1) is 0 Å². The first-order valence-corrected chi connectivity index (χ1v) is 14.0. The number of halogens is 3. The van der Waals surface area contributed by atoms with Crippen LogP contribution in [0.5, 0.6) is 0 Å². The number of hydrogen-bond donors (Lipinski definition) is 1. The minimum atomic E-state index is -0.551. The first kappa shape index (κ1) is 27.2. The van der Waals surface area contributed by atoms with E-state index in [0.717, 1.165) is 36.8 Å². The summed E-state index contributed by atoms with van der Waals surface area (Å²) >= 11 is 20.1. The highest BCUT2D eigenvalue weighted by atomic mass is 35.5. The molecule has 0 bridgehead atoms. The minimum Gasteiger partial charge on any atom is -0.352 e. The van der Waals surface area contributed by atoms with E-state index >= 15 is 0 Å². The normalized spacial score (nSPS) is 15.1. The van der Waals surface area contributed by atoms with E-state index in [1.54, 1.807) is 23.1 Å². The Morgan fingerprint density at radius 3 is 2.44 bits per heavy atom. The van der Waals surface area contributed by atoms with E-state index in [1.165, 1.54) is 18.2 Å². The predicted octanol–water partition coefficient (Wildman–Crippen LogP) is 7.14. The minimum absolute atomic E-state index is 0.0828. The number of benzene rings is 2. The van der Waals surface area contributed by atoms with E-state index in [1.807, 2.05) is 31.2 Å². The fourth-order valence-corrected chi connectivity index (χ4v) is 5.91. The fourth-order valence-electron chi connectivity index (χ4n) is 4.24. The standard InChI is InChI=1S/C26H31Cl3N2O2S/c1-2-24(26(33)30-21-9-4-3-5-10-21)31(15-18-8-6-7-11-22(18)28)25(32)17-34-16-19-12-13-20(27)14-23(19)29/h6-8,11-14,21,24H,2-5,9-10,15-17H2,1H3,(H,30,33)/t24-/m1/s1. The van der Waals surface area contributed by atoms with Crippen LogP contribution in [-0.2, 0) is 21.9 Å². The molecule has 0 heterocycles. The monoisotopic (exact) mass is 540 g/mol. The molecule has 0 aliphatic heterocycles. The van der Waals surface area contributed by atoms with Gasteiger partial charge in [-0.25, -0.2) is 0 Å². The molecule has 0 spiro atoms. The number of amides is 2. The number of carbonyl (C=O) groups is 2. The second kappa shape index (κ2) is 13.6. The molecule has 8 heteroatoms. The van der Waals surface area contributed by atoms with Crippen LogP contribution in [0.25, 0.3) is 0 Å². The summed E-state index contributed by atoms with van der Waals surface area (Å²) in [5, 5.41) is 4.95. The van der Waals surface area contributed by atoms with Crippen molar-refractivity contribution in [3.05, 3.63) is 68.7 Å². The molecule has 3 rings (SSSR count). The van der Waals surface area contributed by atoms with Crippen molar-refractivity contribution in [2.75, 3.05) is 5.75 Å². The van der Waals surface area contributed by atoms with Gasteiger partial charge in [0.05, 0.1) is 5.75 Å². The molecule has 2 aromatic rings. The van der Waals surface area contributed by atoms with E-state index in [4.69, 9.17) is 34.8 Å². The van der Waals surface area contributed by atoms with Gasteiger partial charge < -0.3 is 10.2 Å². The van der Waals surface area contributed by atoms with Crippen molar-refractivity contribution in [2.45, 2.75) is 69.8 Å². The lowest BCUT2D eigenvalue weighted by Crippen LogP contribution is -2.52. The molecule has 1 saturated carbocycles. The zero-order chi connectivity index (χ0) is 24.5. The van der Waals surface area contributed by atoms with Gasteiger partial charge >= 0.3 is 0 Å². The van der Waals surface area contributed by atoms with E-state index in [-0.39, 0.29) is 30.2 Å². The molecule has 1 N–H and O–H groups in total. The van der Waals surface area contributed by atoms with Gasteiger partial charge in [0.1, 0.15) is 6.04 Å². The van der Waals surface area contributed by atoms with Crippen LogP contribution >= 0.6 is 46.6 Å². The van der Waals surface area contributed by atoms with Gasteiger partial charge in [0.2, 0.25) is 11.8 Å². The molecule has 1 aliphatic rings. The molecule has 34 heavy (non-hydrogen) atoms. The molecule has 1 atom stereocenters. The summed E-state index contributed by atoms with van der Waals surface area (Å²) in [4.78, 5) is 28.4. The average Bonchev–Trinajstić information content (AvgIpc) is 2.82. The van der Waals surface area contributed by atoms with Crippen LogP contribution < -0.4 is 5.32 Å². The molecule has 0 radical (unpaired) electrons. The van der Waals surface area contributed by atoms with Gasteiger partial charge in [0.25, 0.3) is 0 Å². The molecule has 2 aromatic carbocycles. The van der Waals surface area contributed by atoms with Gasteiger partial charge in [-0.15, -0.1) is 11.8 Å². The summed E-state index contributed by atoms with van der Waals surface area (Å²) in [7, 11) is 0. The molecule has 0 aromatic heterocycles. The third-order valence-electron chi connectivity index (χ3n) is 6.13. The number of rotatable bonds is 10. The van der Waals surface area contributed by atoms with E-state index in [9.17, 15) is 9.59 Å². The maximum Gasteiger partial charge on any atom is 0.243 e. The predicted molar refractivity (Wildman–Crippen MR) is 144 cm³/mol. The van der Waals surface area contributed by atoms with Crippen LogP contribution in [0.1, 0.15) is 56.6 Å². The third-order valence-corrected chi connectivity index (χ3v) is 8.06. The maximum absolute atomic E-state index is 13.4. The fraction of sp³-hybridized carbons (Fsp3) is 0.462. The lowest BCUT2D eigenvalue weighted by molar-refractivity contribution is -0.139. The lowest BCUT2D eigenvalue weighted by atomic mass is 9.95. The van der Waals surface area contributed by atoms with Crippen LogP contribution in [0.4, 0.5) is 0 Å². The summed E-state index contributed by atoms with van der Waals surface area (Å²) in [5.41, 5.74) is 1.75. The molecule has 0 saturated heterocycles. The highest BCUT2D eigenvalue weighted by molar-refractivity contribution is 7.99. The van der Waals surface area contributed by atoms with Gasteiger partial charge in [-0.3, -0.25) is 9.59 Å². The Morgan fingerprint density at radius 2 is 1.76 bits per heavy atom. The summed E-state index contributed by atoms with van der Waals surface area (Å²) < 4.78 is 0. The molecule has 184 valence electrons. The van der Waals surface area contributed by atoms with Crippen molar-refractivity contribution in [1.29, 1.82) is 0 Å². The van der Waals surface area contributed by atoms with E-state index in [2.05, 4.69) is 5.32 Å². The maximum atomic E-state index is 13.4. The first-order valence-electron chi connectivity index (χ1n) is 11.7. The van der Waals surface area contributed by atoms with Crippen molar-refractivity contribution >= 4 is 58.4 Å². The number of hydrogen-bond acceptors (Lipinski definition) is 3. The molecule has 4 nitrogen and oxygen atoms in total. The number of nitrogens with one attached hydrogen (secondary N) is 1. The Kier molecular flexibility index (Phi) is 10.9. The zero-order valence-corrected chi connectivity index (χ0v) is 22.5. The number of thioether (sulfide) groups is 1. The smallest absolute Gasteiger partial charge is 0.243 e. The SMILES string of the molecule is CC[C@H](C(=O)NC1CCCCC1)N(Cc1ccccc1Cl)C(=O)CSCc1ccc(Cl)cc1Cl. The Balaban J connectivity index is 1.72. The molecule has 0 unspecified atom stereocenters. The molecular weight excluding hydrogens is 511 g/mol. The van der Waals surface area contributed by atoms with Crippen molar-refractivity contribution in [1.82, 2.24) is 10.2 Å². The number of carbonyl (C=O) groups excluding carboxylic acids is 2. The summed E-state index contributed by atoms with van der Waals surface area (Å²) in [6, 6.07) is 12.5. The van der Waals surface area contributed by atoms with E-state index in [0.29, 0.717) is 27.2 Å². The quantitative estimate of drug-likeness (QED) is 0.348. The topological polar surface area (TPSA) is 49.4 Å². The Bertz CT molecular complexity index is 982. The molecule has 2 amide bonds. The van der Waals surface area contributed by atoms with Crippen molar-refractivity contribution in [3.8, 4) is 0 Å². The molecule has 1 fully saturated rings. The Labute approximate surface area is 221 Å². The molecular formula is C26H31Cl3N2O2S. The van der Waals surface area contributed by atoms with Crippen LogP contribution in [0.15, 0.2) is 42.5 Å².